The maximum absolute atomic E-state index is 12.0. The lowest BCUT2D eigenvalue weighted by Gasteiger charge is -2.07. The Labute approximate surface area is 140 Å². The van der Waals surface area contributed by atoms with E-state index in [1.807, 2.05) is 42.5 Å². The van der Waals surface area contributed by atoms with E-state index in [0.29, 0.717) is 24.6 Å². The van der Waals surface area contributed by atoms with Crippen LogP contribution in [0.15, 0.2) is 67.0 Å². The van der Waals surface area contributed by atoms with E-state index >= 15 is 0 Å². The molecule has 0 unspecified atom stereocenters. The van der Waals surface area contributed by atoms with Gasteiger partial charge in [0.1, 0.15) is 5.82 Å². The number of hydrogen-bond acceptors (Lipinski definition) is 5. The maximum Gasteiger partial charge on any atom is 0.229 e. The molecule has 2 aromatic heterocycles. The number of hydrogen-bond donors (Lipinski definition) is 2. The zero-order valence-electron chi connectivity index (χ0n) is 13.0. The summed E-state index contributed by atoms with van der Waals surface area (Å²) in [5.74, 6) is 0.953. The second-order valence-corrected chi connectivity index (χ2v) is 5.23. The first-order chi connectivity index (χ1) is 11.8. The minimum atomic E-state index is -0.119. The average molecular weight is 319 g/mol. The van der Waals surface area contributed by atoms with Gasteiger partial charge in [-0.05, 0) is 29.3 Å². The molecule has 0 aliphatic rings. The Morgan fingerprint density at radius 1 is 0.875 bits per heavy atom. The van der Waals surface area contributed by atoms with Crippen molar-refractivity contribution >= 4 is 17.5 Å². The fourth-order valence-electron chi connectivity index (χ4n) is 2.16. The predicted octanol–water partition coefficient (Wildman–Crippen LogP) is 2.66. The molecule has 0 radical (unpaired) electrons. The summed E-state index contributed by atoms with van der Waals surface area (Å²) in [5.41, 5.74) is 2.01. The molecular formula is C18H17N5O. The molecule has 0 saturated heterocycles. The molecule has 120 valence electrons. The molecule has 6 nitrogen and oxygen atoms in total. The van der Waals surface area contributed by atoms with Crippen molar-refractivity contribution < 1.29 is 4.79 Å². The van der Waals surface area contributed by atoms with E-state index in [-0.39, 0.29) is 5.91 Å². The number of pyridine rings is 1. The summed E-state index contributed by atoms with van der Waals surface area (Å²) in [4.78, 5) is 16.0. The normalized spacial score (nSPS) is 10.2. The molecule has 0 aliphatic carbocycles. The molecule has 6 heteroatoms. The minimum absolute atomic E-state index is 0.119. The molecule has 2 N–H and O–H groups in total. The van der Waals surface area contributed by atoms with Crippen LogP contribution in [0.3, 0.4) is 0 Å². The van der Waals surface area contributed by atoms with Crippen LogP contribution in [0.25, 0.3) is 0 Å². The lowest BCUT2D eigenvalue weighted by Crippen LogP contribution is -2.15. The van der Waals surface area contributed by atoms with Crippen molar-refractivity contribution in [1.29, 1.82) is 0 Å². The van der Waals surface area contributed by atoms with Crippen molar-refractivity contribution in [3.8, 4) is 0 Å². The van der Waals surface area contributed by atoms with Crippen molar-refractivity contribution in [2.24, 2.45) is 0 Å². The highest BCUT2D eigenvalue weighted by Crippen LogP contribution is 2.09. The van der Waals surface area contributed by atoms with E-state index in [1.165, 1.54) is 0 Å². The zero-order chi connectivity index (χ0) is 16.6. The first-order valence-electron chi connectivity index (χ1n) is 7.60. The standard InChI is InChI=1S/C18H17N5O/c24-18(11-14-5-2-1-3-6-14)21-17-9-8-16(22-23-17)20-13-15-7-4-10-19-12-15/h1-10,12H,11,13H2,(H,20,22)(H,21,23,24). The Bertz CT molecular complexity index is 776. The van der Waals surface area contributed by atoms with Crippen molar-refractivity contribution in [3.63, 3.8) is 0 Å². The van der Waals surface area contributed by atoms with Crippen molar-refractivity contribution in [1.82, 2.24) is 15.2 Å². The van der Waals surface area contributed by atoms with Gasteiger partial charge >= 0.3 is 0 Å². The molecule has 0 atom stereocenters. The van der Waals surface area contributed by atoms with Gasteiger partial charge in [-0.1, -0.05) is 36.4 Å². The van der Waals surface area contributed by atoms with Crippen LogP contribution in [0.1, 0.15) is 11.1 Å². The number of amides is 1. The Kier molecular flexibility index (Phi) is 5.09. The van der Waals surface area contributed by atoms with E-state index in [2.05, 4.69) is 25.8 Å². The van der Waals surface area contributed by atoms with Crippen LogP contribution in [0.2, 0.25) is 0 Å². The number of carbonyl (C=O) groups is 1. The van der Waals surface area contributed by atoms with Crippen LogP contribution < -0.4 is 10.6 Å². The lowest BCUT2D eigenvalue weighted by atomic mass is 10.1. The molecule has 1 amide bonds. The molecule has 24 heavy (non-hydrogen) atoms. The highest BCUT2D eigenvalue weighted by molar-refractivity contribution is 5.91. The van der Waals surface area contributed by atoms with Gasteiger partial charge in [0.25, 0.3) is 0 Å². The quantitative estimate of drug-likeness (QED) is 0.730. The van der Waals surface area contributed by atoms with Crippen molar-refractivity contribution in [2.45, 2.75) is 13.0 Å². The van der Waals surface area contributed by atoms with Gasteiger partial charge in [0.05, 0.1) is 6.42 Å². The summed E-state index contributed by atoms with van der Waals surface area (Å²) in [6.07, 6.45) is 3.83. The molecule has 1 aromatic carbocycles. The number of rotatable bonds is 6. The Morgan fingerprint density at radius 3 is 2.33 bits per heavy atom. The predicted molar refractivity (Wildman–Crippen MR) is 92.4 cm³/mol. The number of nitrogens with one attached hydrogen (secondary N) is 2. The molecule has 0 bridgehead atoms. The van der Waals surface area contributed by atoms with Gasteiger partial charge in [-0.3, -0.25) is 9.78 Å². The van der Waals surface area contributed by atoms with Crippen LogP contribution in [0.5, 0.6) is 0 Å². The van der Waals surface area contributed by atoms with Crippen molar-refractivity contribution in [3.05, 3.63) is 78.1 Å². The summed E-state index contributed by atoms with van der Waals surface area (Å²) in [7, 11) is 0. The van der Waals surface area contributed by atoms with Gasteiger partial charge in [-0.25, -0.2) is 0 Å². The van der Waals surface area contributed by atoms with E-state index in [9.17, 15) is 4.79 Å². The molecule has 0 aliphatic heterocycles. The van der Waals surface area contributed by atoms with Gasteiger partial charge in [-0.2, -0.15) is 0 Å². The van der Waals surface area contributed by atoms with Crippen LogP contribution in [-0.4, -0.2) is 21.1 Å². The first kappa shape index (κ1) is 15.6. The summed E-state index contributed by atoms with van der Waals surface area (Å²) >= 11 is 0. The van der Waals surface area contributed by atoms with Gasteiger partial charge in [0.2, 0.25) is 5.91 Å². The smallest absolute Gasteiger partial charge is 0.229 e. The summed E-state index contributed by atoms with van der Waals surface area (Å²) in [5, 5.41) is 14.0. The van der Waals surface area contributed by atoms with Crippen LogP contribution >= 0.6 is 0 Å². The molecular weight excluding hydrogens is 302 g/mol. The maximum atomic E-state index is 12.0. The Morgan fingerprint density at radius 2 is 1.62 bits per heavy atom. The summed E-state index contributed by atoms with van der Waals surface area (Å²) in [6.45, 7) is 0.613. The average Bonchev–Trinajstić information content (AvgIpc) is 2.63. The highest BCUT2D eigenvalue weighted by Gasteiger charge is 2.05. The largest absolute Gasteiger partial charge is 0.364 e. The van der Waals surface area contributed by atoms with Crippen LogP contribution in [0, 0.1) is 0 Å². The number of anilines is 2. The second-order valence-electron chi connectivity index (χ2n) is 5.23. The van der Waals surface area contributed by atoms with E-state index in [4.69, 9.17) is 0 Å². The molecule has 2 heterocycles. The van der Waals surface area contributed by atoms with Crippen LogP contribution in [0.4, 0.5) is 11.6 Å². The minimum Gasteiger partial charge on any atom is -0.364 e. The lowest BCUT2D eigenvalue weighted by molar-refractivity contribution is -0.115. The van der Waals surface area contributed by atoms with Crippen molar-refractivity contribution in [2.75, 3.05) is 10.6 Å². The topological polar surface area (TPSA) is 79.8 Å². The number of nitrogens with zero attached hydrogens (tertiary/aromatic N) is 3. The SMILES string of the molecule is O=C(Cc1ccccc1)Nc1ccc(NCc2cccnc2)nn1. The second kappa shape index (κ2) is 7.82. The van der Waals surface area contributed by atoms with E-state index in [1.54, 1.807) is 24.5 Å². The molecule has 0 fully saturated rings. The molecule has 3 rings (SSSR count). The summed E-state index contributed by atoms with van der Waals surface area (Å²) < 4.78 is 0. The van der Waals surface area contributed by atoms with Gasteiger partial charge in [0, 0.05) is 18.9 Å². The Hall–Kier alpha value is -3.28. The fourth-order valence-corrected chi connectivity index (χ4v) is 2.16. The van der Waals surface area contributed by atoms with E-state index < -0.39 is 0 Å². The van der Waals surface area contributed by atoms with Gasteiger partial charge < -0.3 is 10.6 Å². The fraction of sp³-hybridized carbons (Fsp3) is 0.111. The summed E-state index contributed by atoms with van der Waals surface area (Å²) in [6, 6.07) is 16.9. The molecule has 0 saturated carbocycles. The van der Waals surface area contributed by atoms with Crippen LogP contribution in [-0.2, 0) is 17.8 Å². The third kappa shape index (κ3) is 4.61. The third-order valence-electron chi connectivity index (χ3n) is 3.34. The first-order valence-corrected chi connectivity index (χ1v) is 7.60. The number of carbonyl (C=O) groups excluding carboxylic acids is 1. The third-order valence-corrected chi connectivity index (χ3v) is 3.34. The molecule has 0 spiro atoms. The number of aromatic nitrogens is 3. The van der Waals surface area contributed by atoms with Gasteiger partial charge in [-0.15, -0.1) is 10.2 Å². The molecule has 3 aromatic rings. The zero-order valence-corrected chi connectivity index (χ0v) is 13.0. The number of benzene rings is 1. The highest BCUT2D eigenvalue weighted by atomic mass is 16.1. The monoisotopic (exact) mass is 319 g/mol. The van der Waals surface area contributed by atoms with Gasteiger partial charge in [0.15, 0.2) is 5.82 Å². The Balaban J connectivity index is 1.51. The van der Waals surface area contributed by atoms with E-state index in [0.717, 1.165) is 11.1 Å².